The number of hydrogen-bond donors (Lipinski definition) is 1. The molecule has 0 atom stereocenters. The molecule has 2 rings (SSSR count). The van der Waals surface area contributed by atoms with E-state index in [0.717, 1.165) is 0 Å². The minimum absolute atomic E-state index is 0.0314. The first-order valence-corrected chi connectivity index (χ1v) is 4.91. The zero-order chi connectivity index (χ0) is 11.5. The van der Waals surface area contributed by atoms with Crippen LogP contribution in [-0.2, 0) is 11.3 Å². The average molecular weight is 223 g/mol. The molecule has 86 valence electrons. The van der Waals surface area contributed by atoms with Gasteiger partial charge in [-0.2, -0.15) is 0 Å². The number of ketones is 1. The monoisotopic (exact) mass is 223 g/mol. The molecule has 0 bridgehead atoms. The van der Waals surface area contributed by atoms with Crippen molar-refractivity contribution >= 4 is 5.78 Å². The lowest BCUT2D eigenvalue weighted by atomic mass is 10.0. The van der Waals surface area contributed by atoms with Crippen LogP contribution in [0.25, 0.3) is 0 Å². The smallest absolute Gasteiger partial charge is 0.231 e. The van der Waals surface area contributed by atoms with Crippen molar-refractivity contribution < 1.29 is 19.0 Å². The zero-order valence-corrected chi connectivity index (χ0v) is 8.99. The van der Waals surface area contributed by atoms with Gasteiger partial charge in [0.25, 0.3) is 0 Å². The van der Waals surface area contributed by atoms with Gasteiger partial charge in [-0.15, -0.1) is 0 Å². The minimum atomic E-state index is -0.134. The third-order valence-corrected chi connectivity index (χ3v) is 2.42. The number of carbonyl (C=O) groups excluding carboxylic acids is 1. The maximum absolute atomic E-state index is 11.6. The summed E-state index contributed by atoms with van der Waals surface area (Å²) in [6.45, 7) is 0.441. The molecule has 0 radical (unpaired) electrons. The summed E-state index contributed by atoms with van der Waals surface area (Å²) in [6, 6.07) is 3.40. The molecule has 1 heterocycles. The van der Waals surface area contributed by atoms with Gasteiger partial charge in [0.15, 0.2) is 17.3 Å². The molecule has 5 heteroatoms. The van der Waals surface area contributed by atoms with Gasteiger partial charge < -0.3 is 19.9 Å². The van der Waals surface area contributed by atoms with Gasteiger partial charge in [-0.3, -0.25) is 4.79 Å². The highest BCUT2D eigenvalue weighted by atomic mass is 16.7. The SMILES string of the molecule is COCc1c(C(=O)CN)ccc2c1OCO2. The van der Waals surface area contributed by atoms with Crippen LogP contribution in [0.15, 0.2) is 12.1 Å². The van der Waals surface area contributed by atoms with Gasteiger partial charge in [0.05, 0.1) is 13.2 Å². The predicted molar refractivity (Wildman–Crippen MR) is 56.7 cm³/mol. The van der Waals surface area contributed by atoms with Crippen molar-refractivity contribution in [1.29, 1.82) is 0 Å². The van der Waals surface area contributed by atoms with Crippen molar-refractivity contribution in [3.63, 3.8) is 0 Å². The first-order chi connectivity index (χ1) is 7.77. The van der Waals surface area contributed by atoms with Crippen molar-refractivity contribution in [3.8, 4) is 11.5 Å². The first-order valence-electron chi connectivity index (χ1n) is 4.91. The number of rotatable bonds is 4. The van der Waals surface area contributed by atoms with Crippen molar-refractivity contribution in [1.82, 2.24) is 0 Å². The second kappa shape index (κ2) is 4.51. The fraction of sp³-hybridized carbons (Fsp3) is 0.364. The maximum Gasteiger partial charge on any atom is 0.231 e. The fourth-order valence-corrected chi connectivity index (χ4v) is 1.69. The summed E-state index contributed by atoms with van der Waals surface area (Å²) in [5.41, 5.74) is 6.59. The molecule has 0 saturated carbocycles. The van der Waals surface area contributed by atoms with Crippen LogP contribution in [0.1, 0.15) is 15.9 Å². The summed E-state index contributed by atoms with van der Waals surface area (Å²) in [4.78, 5) is 11.6. The third-order valence-electron chi connectivity index (χ3n) is 2.42. The van der Waals surface area contributed by atoms with E-state index in [4.69, 9.17) is 19.9 Å². The quantitative estimate of drug-likeness (QED) is 0.761. The van der Waals surface area contributed by atoms with E-state index in [-0.39, 0.29) is 19.1 Å². The Balaban J connectivity index is 2.49. The first kappa shape index (κ1) is 10.9. The van der Waals surface area contributed by atoms with E-state index in [1.165, 1.54) is 0 Å². The molecule has 0 aliphatic carbocycles. The number of ether oxygens (including phenoxy) is 3. The van der Waals surface area contributed by atoms with E-state index in [2.05, 4.69) is 0 Å². The summed E-state index contributed by atoms with van der Waals surface area (Å²) in [5, 5.41) is 0. The van der Waals surface area contributed by atoms with E-state index in [1.54, 1.807) is 19.2 Å². The molecule has 0 aromatic heterocycles. The fourth-order valence-electron chi connectivity index (χ4n) is 1.69. The number of carbonyl (C=O) groups is 1. The highest BCUT2D eigenvalue weighted by molar-refractivity contribution is 5.99. The van der Waals surface area contributed by atoms with Crippen LogP contribution < -0.4 is 15.2 Å². The lowest BCUT2D eigenvalue weighted by Crippen LogP contribution is -2.16. The predicted octanol–water partition coefficient (Wildman–Crippen LogP) is 0.703. The van der Waals surface area contributed by atoms with Crippen molar-refractivity contribution in [2.45, 2.75) is 6.61 Å². The Kier molecular flexibility index (Phi) is 3.07. The van der Waals surface area contributed by atoms with Gasteiger partial charge in [-0.05, 0) is 12.1 Å². The van der Waals surface area contributed by atoms with Crippen LogP contribution in [0.3, 0.4) is 0 Å². The molecule has 5 nitrogen and oxygen atoms in total. The Bertz CT molecular complexity index is 417. The third kappa shape index (κ3) is 1.75. The topological polar surface area (TPSA) is 70.8 Å². The van der Waals surface area contributed by atoms with Crippen LogP contribution in [-0.4, -0.2) is 26.2 Å². The molecule has 0 spiro atoms. The van der Waals surface area contributed by atoms with Crippen LogP contribution in [0.2, 0.25) is 0 Å². The Morgan fingerprint density at radius 2 is 2.31 bits per heavy atom. The Labute approximate surface area is 93.1 Å². The number of hydrogen-bond acceptors (Lipinski definition) is 5. The minimum Gasteiger partial charge on any atom is -0.454 e. The molecule has 16 heavy (non-hydrogen) atoms. The summed E-state index contributed by atoms with van der Waals surface area (Å²) in [5.74, 6) is 1.09. The van der Waals surface area contributed by atoms with E-state index in [9.17, 15) is 4.79 Å². The number of fused-ring (bicyclic) bond motifs is 1. The number of methoxy groups -OCH3 is 1. The second-order valence-corrected chi connectivity index (χ2v) is 3.39. The molecule has 0 saturated heterocycles. The van der Waals surface area contributed by atoms with E-state index in [0.29, 0.717) is 29.2 Å². The van der Waals surface area contributed by atoms with E-state index >= 15 is 0 Å². The van der Waals surface area contributed by atoms with Crippen molar-refractivity contribution in [3.05, 3.63) is 23.3 Å². The molecule has 0 unspecified atom stereocenters. The number of Topliss-reactive ketones (excluding diaryl/α,β-unsaturated/α-hetero) is 1. The summed E-state index contributed by atoms with van der Waals surface area (Å²) in [6.07, 6.45) is 0. The Morgan fingerprint density at radius 3 is 3.00 bits per heavy atom. The lowest BCUT2D eigenvalue weighted by molar-refractivity contribution is 0.0995. The van der Waals surface area contributed by atoms with Gasteiger partial charge in [-0.1, -0.05) is 0 Å². The average Bonchev–Trinajstić information content (AvgIpc) is 2.77. The molecule has 0 fully saturated rings. The molecule has 1 aromatic carbocycles. The highest BCUT2D eigenvalue weighted by Crippen LogP contribution is 2.37. The Hall–Kier alpha value is -1.59. The zero-order valence-electron chi connectivity index (χ0n) is 8.99. The molecule has 2 N–H and O–H groups in total. The number of nitrogens with two attached hydrogens (primary N) is 1. The molecule has 1 aliphatic rings. The second-order valence-electron chi connectivity index (χ2n) is 3.39. The molecule has 1 aliphatic heterocycles. The highest BCUT2D eigenvalue weighted by Gasteiger charge is 2.23. The standard InChI is InChI=1S/C11H13NO4/c1-14-5-8-7(9(13)4-12)2-3-10-11(8)16-6-15-10/h2-3H,4-6,12H2,1H3. The Morgan fingerprint density at radius 1 is 1.50 bits per heavy atom. The van der Waals surface area contributed by atoms with Gasteiger partial charge in [0.1, 0.15) is 0 Å². The van der Waals surface area contributed by atoms with Crippen LogP contribution in [0.5, 0.6) is 11.5 Å². The summed E-state index contributed by atoms with van der Waals surface area (Å²) in [7, 11) is 1.56. The van der Waals surface area contributed by atoms with Crippen LogP contribution >= 0.6 is 0 Å². The molecule has 1 aromatic rings. The van der Waals surface area contributed by atoms with Crippen LogP contribution in [0.4, 0.5) is 0 Å². The van der Waals surface area contributed by atoms with Gasteiger partial charge >= 0.3 is 0 Å². The molecular formula is C11H13NO4. The van der Waals surface area contributed by atoms with Crippen molar-refractivity contribution in [2.75, 3.05) is 20.4 Å². The maximum atomic E-state index is 11.6. The van der Waals surface area contributed by atoms with Crippen molar-refractivity contribution in [2.24, 2.45) is 5.73 Å². The van der Waals surface area contributed by atoms with Crippen LogP contribution in [0, 0.1) is 0 Å². The van der Waals surface area contributed by atoms with E-state index < -0.39 is 0 Å². The van der Waals surface area contributed by atoms with Gasteiger partial charge in [0.2, 0.25) is 6.79 Å². The van der Waals surface area contributed by atoms with E-state index in [1.807, 2.05) is 0 Å². The summed E-state index contributed by atoms with van der Waals surface area (Å²) < 4.78 is 15.6. The van der Waals surface area contributed by atoms with Gasteiger partial charge in [-0.25, -0.2) is 0 Å². The lowest BCUT2D eigenvalue weighted by Gasteiger charge is -2.10. The van der Waals surface area contributed by atoms with Gasteiger partial charge in [0, 0.05) is 18.2 Å². The normalized spacial score (nSPS) is 12.9. The summed E-state index contributed by atoms with van der Waals surface area (Å²) >= 11 is 0. The molecular weight excluding hydrogens is 210 g/mol. The molecule has 0 amide bonds. The number of benzene rings is 1. The largest absolute Gasteiger partial charge is 0.454 e.